The molecule has 9 rings (SSSR count). The fourth-order valence-electron chi connectivity index (χ4n) is 9.93. The number of hydrogen-bond acceptors (Lipinski definition) is 10. The number of aromatic nitrogens is 2. The summed E-state index contributed by atoms with van der Waals surface area (Å²) in [5, 5.41) is 7.09. The van der Waals surface area contributed by atoms with Crippen LogP contribution in [-0.4, -0.2) is 94.6 Å². The van der Waals surface area contributed by atoms with Crippen LogP contribution < -0.4 is 20.1 Å². The smallest absolute Gasteiger partial charge is 0.408 e. The highest BCUT2D eigenvalue weighted by atomic mass is 32.2. The van der Waals surface area contributed by atoms with Crippen LogP contribution in [0.3, 0.4) is 0 Å². The Morgan fingerprint density at radius 2 is 1.77 bits per heavy atom. The van der Waals surface area contributed by atoms with Gasteiger partial charge in [-0.3, -0.25) is 19.1 Å². The predicted octanol–water partition coefficient (Wildman–Crippen LogP) is 5.16. The van der Waals surface area contributed by atoms with Crippen LogP contribution in [0.4, 0.5) is 13.6 Å². The molecule has 322 valence electrons. The summed E-state index contributed by atoms with van der Waals surface area (Å²) in [4.78, 5) is 67.5. The van der Waals surface area contributed by atoms with Crippen LogP contribution in [0.1, 0.15) is 90.7 Å². The molecule has 4 saturated carbocycles. The number of sulfonamides is 1. The highest BCUT2D eigenvalue weighted by Gasteiger charge is 2.67. The lowest BCUT2D eigenvalue weighted by molar-refractivity contribution is -0.142. The van der Waals surface area contributed by atoms with Gasteiger partial charge in [0, 0.05) is 11.8 Å². The van der Waals surface area contributed by atoms with Crippen molar-refractivity contribution in [1.29, 1.82) is 0 Å². The topological polar surface area (TPSA) is 186 Å². The minimum atomic E-state index is -4.23. The van der Waals surface area contributed by atoms with Crippen LogP contribution in [0, 0.1) is 29.6 Å². The average molecular weight is 851 g/mol. The first-order valence-electron chi connectivity index (χ1n) is 21.4. The zero-order chi connectivity index (χ0) is 42.3. The molecule has 1 saturated heterocycles. The van der Waals surface area contributed by atoms with Crippen molar-refractivity contribution in [1.82, 2.24) is 30.2 Å². The summed E-state index contributed by atoms with van der Waals surface area (Å²) in [7, 11) is -4.23. The van der Waals surface area contributed by atoms with E-state index in [-0.39, 0.29) is 30.9 Å². The Balaban J connectivity index is 1.06. The van der Waals surface area contributed by atoms with Crippen LogP contribution in [-0.2, 0) is 35.6 Å². The molecule has 17 heteroatoms. The Labute approximate surface area is 347 Å². The SMILES string of the molecule is CC(C)[C@@H]1NC(=O)O[C@@H]2CC3C[C@@H]3[C@H]2CCCCCc2nc3ccc4ccccc4c3nc2O[C@@H]2C[C@@H](C(=O)N[C@]3(C(=O)NS(=O)(=O)C4(C)CC4)C[C@H]3C(F)F)N(C2)C1=O. The van der Waals surface area contributed by atoms with Gasteiger partial charge in [-0.1, -0.05) is 57.0 Å². The number of halogens is 2. The van der Waals surface area contributed by atoms with Gasteiger partial charge in [-0.2, -0.15) is 0 Å². The van der Waals surface area contributed by atoms with Crippen LogP contribution >= 0.6 is 0 Å². The van der Waals surface area contributed by atoms with E-state index in [1.54, 1.807) is 13.8 Å². The van der Waals surface area contributed by atoms with Crippen molar-refractivity contribution in [3.8, 4) is 5.88 Å². The molecule has 1 unspecified atom stereocenters. The van der Waals surface area contributed by atoms with E-state index in [1.165, 1.54) is 11.8 Å². The van der Waals surface area contributed by atoms with E-state index in [0.29, 0.717) is 47.8 Å². The second-order valence-electron chi connectivity index (χ2n) is 18.6. The molecule has 0 spiro atoms. The number of alkyl carbamates (subject to hydrolysis) is 1. The number of benzene rings is 2. The highest BCUT2D eigenvalue weighted by molar-refractivity contribution is 7.91. The van der Waals surface area contributed by atoms with E-state index >= 15 is 0 Å². The number of rotatable bonds is 7. The zero-order valence-electron chi connectivity index (χ0n) is 34.0. The third kappa shape index (κ3) is 7.42. The van der Waals surface area contributed by atoms with Crippen molar-refractivity contribution in [3.05, 3.63) is 42.1 Å². The highest BCUT2D eigenvalue weighted by Crippen LogP contribution is 2.58. The summed E-state index contributed by atoms with van der Waals surface area (Å²) >= 11 is 0. The number of alkyl halides is 2. The Bertz CT molecular complexity index is 2360. The van der Waals surface area contributed by atoms with Gasteiger partial charge in [-0.25, -0.2) is 32.0 Å². The molecule has 2 aromatic carbocycles. The molecule has 6 aliphatic rings. The lowest BCUT2D eigenvalue weighted by Gasteiger charge is -2.32. The van der Waals surface area contributed by atoms with E-state index in [2.05, 4.69) is 10.6 Å². The molecule has 2 aliphatic heterocycles. The summed E-state index contributed by atoms with van der Waals surface area (Å²) in [6.45, 7) is 4.81. The number of nitrogens with one attached hydrogen (secondary N) is 3. The van der Waals surface area contributed by atoms with Gasteiger partial charge in [-0.05, 0) is 93.4 Å². The molecule has 1 aromatic heterocycles. The molecule has 3 aromatic rings. The van der Waals surface area contributed by atoms with Crippen molar-refractivity contribution in [3.63, 3.8) is 0 Å². The summed E-state index contributed by atoms with van der Waals surface area (Å²) < 4.78 is 68.1. The first-order chi connectivity index (χ1) is 28.6. The van der Waals surface area contributed by atoms with Crippen LogP contribution in [0.25, 0.3) is 21.8 Å². The quantitative estimate of drug-likeness (QED) is 0.268. The molecule has 3 N–H and O–H groups in total. The third-order valence-electron chi connectivity index (χ3n) is 14.1. The van der Waals surface area contributed by atoms with Crippen molar-refractivity contribution in [2.24, 2.45) is 29.6 Å². The van der Waals surface area contributed by atoms with Crippen molar-refractivity contribution in [2.45, 2.75) is 132 Å². The summed E-state index contributed by atoms with van der Waals surface area (Å²) in [6.07, 6.45) is 1.08. The zero-order valence-corrected chi connectivity index (χ0v) is 34.8. The minimum Gasteiger partial charge on any atom is -0.471 e. The van der Waals surface area contributed by atoms with Gasteiger partial charge in [-0.15, -0.1) is 0 Å². The second-order valence-corrected chi connectivity index (χ2v) is 20.8. The number of amides is 4. The van der Waals surface area contributed by atoms with E-state index in [4.69, 9.17) is 19.4 Å². The maximum Gasteiger partial charge on any atom is 0.408 e. The molecule has 4 amide bonds. The molecule has 60 heavy (non-hydrogen) atoms. The van der Waals surface area contributed by atoms with E-state index < -0.39 is 87.0 Å². The molecular weight excluding hydrogens is 799 g/mol. The Morgan fingerprint density at radius 3 is 2.50 bits per heavy atom. The molecule has 3 heterocycles. The molecule has 2 bridgehead atoms. The van der Waals surface area contributed by atoms with Gasteiger partial charge in [0.05, 0.1) is 22.7 Å². The van der Waals surface area contributed by atoms with Crippen molar-refractivity contribution >= 4 is 55.6 Å². The van der Waals surface area contributed by atoms with E-state index in [9.17, 15) is 36.4 Å². The molecule has 5 fully saturated rings. The standard InChI is InChI=1S/C43H52F2N6O8S/c1-22(2)34-39(53)51-21-25(19-32(51)37(52)49-43(20-29(43)36(44)45)40(54)50-60(56,57)42(3)15-16-42)58-38-31(46-30-14-13-23-9-7-8-10-26(23)35(30)47-38)12-6-4-5-11-27-28-17-24(28)18-33(27)59-41(55)48-34/h7-10,13-14,22,24-25,27-29,32-34,36H,4-6,11-12,15-21H2,1-3H3,(H,48,55)(H,49,52)(H,50,54)/t24?,25-,27-,28+,29+,32+,33-,34+,43-/m1/s1. The Hall–Kier alpha value is -4.67. The van der Waals surface area contributed by atoms with Gasteiger partial charge in [0.2, 0.25) is 34.1 Å². The maximum absolute atomic E-state index is 14.7. The Morgan fingerprint density at radius 1 is 0.983 bits per heavy atom. The van der Waals surface area contributed by atoms with Gasteiger partial charge in [0.15, 0.2) is 0 Å². The normalized spacial score (nSPS) is 32.5. The largest absolute Gasteiger partial charge is 0.471 e. The minimum absolute atomic E-state index is 0.124. The van der Waals surface area contributed by atoms with Gasteiger partial charge in [0.1, 0.15) is 41.0 Å². The number of aryl methyl sites for hydroxylation is 1. The van der Waals surface area contributed by atoms with Crippen LogP contribution in [0.5, 0.6) is 5.88 Å². The third-order valence-corrected chi connectivity index (χ3v) is 16.2. The molecular formula is C43H52F2N6O8S. The molecule has 9 atom stereocenters. The van der Waals surface area contributed by atoms with Crippen LogP contribution in [0.2, 0.25) is 0 Å². The predicted molar refractivity (Wildman–Crippen MR) is 215 cm³/mol. The lowest BCUT2D eigenvalue weighted by Crippen LogP contribution is -2.59. The number of carbonyl (C=O) groups is 4. The van der Waals surface area contributed by atoms with Crippen molar-refractivity contribution < 1.29 is 45.9 Å². The first kappa shape index (κ1) is 40.7. The fraction of sp³-hybridized carbons (Fsp3) is 0.628. The van der Waals surface area contributed by atoms with Crippen molar-refractivity contribution in [2.75, 3.05) is 6.54 Å². The lowest BCUT2D eigenvalue weighted by atomic mass is 9.93. The monoisotopic (exact) mass is 850 g/mol. The second kappa shape index (κ2) is 15.0. The summed E-state index contributed by atoms with van der Waals surface area (Å²) in [5.41, 5.74) is -0.281. The Kier molecular flexibility index (Phi) is 10.2. The fourth-order valence-corrected chi connectivity index (χ4v) is 11.2. The van der Waals surface area contributed by atoms with E-state index in [1.807, 2.05) is 41.1 Å². The molecule has 14 nitrogen and oxygen atoms in total. The molecule has 0 radical (unpaired) electrons. The van der Waals surface area contributed by atoms with E-state index in [0.717, 1.165) is 49.3 Å². The average Bonchev–Trinajstić information content (AvgIpc) is 4.16. The number of nitrogens with zero attached hydrogens (tertiary/aromatic N) is 3. The summed E-state index contributed by atoms with van der Waals surface area (Å²) in [6, 6.07) is 9.20. The number of hydrogen-bond donors (Lipinski definition) is 3. The van der Waals surface area contributed by atoms with Gasteiger partial charge >= 0.3 is 6.09 Å². The first-order valence-corrected chi connectivity index (χ1v) is 22.9. The van der Waals surface area contributed by atoms with Gasteiger partial charge < -0.3 is 25.0 Å². The molecule has 4 aliphatic carbocycles. The number of fused-ring (bicyclic) bond motifs is 9. The number of carbonyl (C=O) groups excluding carboxylic acids is 4. The summed E-state index contributed by atoms with van der Waals surface area (Å²) in [5.74, 6) is -3.40. The van der Waals surface area contributed by atoms with Crippen LogP contribution in [0.15, 0.2) is 36.4 Å². The number of ether oxygens (including phenoxy) is 2. The van der Waals surface area contributed by atoms with Gasteiger partial charge in [0.25, 0.3) is 5.91 Å². The maximum atomic E-state index is 14.7.